The molecule has 0 atom stereocenters. The molecule has 5 heteroatoms. The molecule has 0 saturated carbocycles. The Morgan fingerprint density at radius 3 is 3.00 bits per heavy atom. The van der Waals surface area contributed by atoms with Gasteiger partial charge in [-0.15, -0.1) is 0 Å². The summed E-state index contributed by atoms with van der Waals surface area (Å²) < 4.78 is 1.73. The maximum absolute atomic E-state index is 5.53. The molecule has 0 N–H and O–H groups in total. The van der Waals surface area contributed by atoms with Crippen LogP contribution in [-0.4, -0.2) is 30.1 Å². The summed E-state index contributed by atoms with van der Waals surface area (Å²) in [6.45, 7) is 0. The van der Waals surface area contributed by atoms with Gasteiger partial charge < -0.3 is 4.40 Å². The van der Waals surface area contributed by atoms with Crippen molar-refractivity contribution >= 4 is 32.5 Å². The zero-order valence-corrected chi connectivity index (χ0v) is 5.73. The van der Waals surface area contributed by atoms with E-state index in [1.807, 2.05) is 0 Å². The lowest BCUT2D eigenvalue weighted by Crippen LogP contribution is -2.23. The molecule has 0 aliphatic heterocycles. The van der Waals surface area contributed by atoms with Crippen molar-refractivity contribution < 1.29 is 0 Å². The third-order valence-electron chi connectivity index (χ3n) is 1.42. The van der Waals surface area contributed by atoms with Gasteiger partial charge in [0.15, 0.2) is 0 Å². The van der Waals surface area contributed by atoms with Crippen molar-refractivity contribution in [1.82, 2.24) is 14.4 Å². The first-order chi connectivity index (χ1) is 5.27. The molecule has 0 aromatic carbocycles. The van der Waals surface area contributed by atoms with E-state index < -0.39 is 0 Å². The van der Waals surface area contributed by atoms with E-state index in [0.717, 1.165) is 0 Å². The Bertz CT molecular complexity index is 396. The summed E-state index contributed by atoms with van der Waals surface area (Å²) in [5.41, 5.74) is 1.39. The molecule has 48 valence electrons. The van der Waals surface area contributed by atoms with Gasteiger partial charge in [0.2, 0.25) is 0 Å². The minimum Gasteiger partial charge on any atom is -0.305 e. The minimum absolute atomic E-state index is 0.356. The quantitative estimate of drug-likeness (QED) is 0.407. The molecule has 0 fully saturated rings. The van der Waals surface area contributed by atoms with E-state index in [4.69, 9.17) is 15.7 Å². The molecule has 4 radical (unpaired) electrons. The Kier molecular flexibility index (Phi) is 1.24. The Labute approximate surface area is 66.3 Å². The topological polar surface area (TPSA) is 30.2 Å². The summed E-state index contributed by atoms with van der Waals surface area (Å²) in [5, 5.41) is 0. The maximum Gasteiger partial charge on any atom is 0.147 e. The van der Waals surface area contributed by atoms with Crippen LogP contribution >= 0.6 is 0 Å². The zero-order chi connectivity index (χ0) is 7.84. The van der Waals surface area contributed by atoms with Crippen LogP contribution in [0.3, 0.4) is 0 Å². The maximum atomic E-state index is 5.53. The number of aromatic nitrogens is 3. The molecule has 0 unspecified atom stereocenters. The lowest BCUT2D eigenvalue weighted by Gasteiger charge is -1.99. The van der Waals surface area contributed by atoms with Crippen LogP contribution in [0, 0.1) is 0 Å². The molecule has 0 bridgehead atoms. The molecule has 0 aliphatic carbocycles. The summed E-state index contributed by atoms with van der Waals surface area (Å²) in [6.07, 6.45) is 5.08. The van der Waals surface area contributed by atoms with Gasteiger partial charge in [0, 0.05) is 29.8 Å². The fraction of sp³-hybridized carbons (Fsp3) is 0. The lowest BCUT2D eigenvalue weighted by atomic mass is 10.0. The van der Waals surface area contributed by atoms with Gasteiger partial charge in [-0.05, 0) is 0 Å². The molecule has 0 spiro atoms. The smallest absolute Gasteiger partial charge is 0.147 e. The molecular weight excluding hydrogens is 136 g/mol. The number of imidazole rings is 1. The van der Waals surface area contributed by atoms with Crippen molar-refractivity contribution in [2.45, 2.75) is 0 Å². The highest BCUT2D eigenvalue weighted by Gasteiger charge is 1.97. The molecule has 0 amide bonds. The largest absolute Gasteiger partial charge is 0.305 e. The number of rotatable bonds is 0. The van der Waals surface area contributed by atoms with Crippen molar-refractivity contribution in [3.8, 4) is 0 Å². The van der Waals surface area contributed by atoms with Crippen LogP contribution in [0.1, 0.15) is 0 Å². The van der Waals surface area contributed by atoms with Gasteiger partial charge in [0.1, 0.15) is 21.3 Å². The molecule has 2 heterocycles. The Hall–Kier alpha value is -1.25. The van der Waals surface area contributed by atoms with Gasteiger partial charge in [-0.1, -0.05) is 0 Å². The van der Waals surface area contributed by atoms with Crippen molar-refractivity contribution in [1.29, 1.82) is 0 Å². The monoisotopic (exact) mass is 139 g/mol. The fourth-order valence-corrected chi connectivity index (χ4v) is 0.976. The van der Waals surface area contributed by atoms with Crippen LogP contribution in [0.25, 0.3) is 5.65 Å². The summed E-state index contributed by atoms with van der Waals surface area (Å²) in [7, 11) is 11.0. The van der Waals surface area contributed by atoms with Crippen LogP contribution in [0.15, 0.2) is 18.6 Å². The first-order valence-corrected chi connectivity index (χ1v) is 3.12. The Morgan fingerprint density at radius 2 is 2.18 bits per heavy atom. The van der Waals surface area contributed by atoms with Crippen molar-refractivity contribution in [3.63, 3.8) is 0 Å². The molecular formula is C6H3B2N3. The molecule has 2 aromatic heterocycles. The Balaban J connectivity index is 2.91. The van der Waals surface area contributed by atoms with E-state index in [0.29, 0.717) is 16.8 Å². The minimum atomic E-state index is 0.356. The number of fused-ring (bicyclic) bond motifs is 1. The second-order valence-electron chi connectivity index (χ2n) is 2.21. The fourth-order valence-electron chi connectivity index (χ4n) is 0.976. The SMILES string of the molecule is [B]c1cn2ccnc2c([B])n1. The van der Waals surface area contributed by atoms with Crippen molar-refractivity contribution in [2.24, 2.45) is 0 Å². The van der Waals surface area contributed by atoms with Crippen LogP contribution in [0.2, 0.25) is 0 Å². The van der Waals surface area contributed by atoms with E-state index in [1.165, 1.54) is 0 Å². The third kappa shape index (κ3) is 0.926. The van der Waals surface area contributed by atoms with Crippen molar-refractivity contribution in [3.05, 3.63) is 18.6 Å². The van der Waals surface area contributed by atoms with E-state index in [9.17, 15) is 0 Å². The predicted octanol–water partition coefficient (Wildman–Crippen LogP) is -1.68. The average molecular weight is 139 g/mol. The second-order valence-corrected chi connectivity index (χ2v) is 2.21. The van der Waals surface area contributed by atoms with Gasteiger partial charge in [-0.3, -0.25) is 4.98 Å². The third-order valence-corrected chi connectivity index (χ3v) is 1.42. The highest BCUT2D eigenvalue weighted by atomic mass is 15.0. The lowest BCUT2D eigenvalue weighted by molar-refractivity contribution is 1.17. The van der Waals surface area contributed by atoms with E-state index in [1.54, 1.807) is 23.0 Å². The van der Waals surface area contributed by atoms with Gasteiger partial charge in [0.05, 0.1) is 0 Å². The molecule has 0 saturated heterocycles. The summed E-state index contributed by atoms with van der Waals surface area (Å²) in [6, 6.07) is 0. The molecule has 2 aromatic rings. The number of hydrogen-bond donors (Lipinski definition) is 0. The normalized spacial score (nSPS) is 10.5. The molecule has 11 heavy (non-hydrogen) atoms. The number of nitrogens with zero attached hydrogens (tertiary/aromatic N) is 3. The summed E-state index contributed by atoms with van der Waals surface area (Å²) in [4.78, 5) is 7.83. The highest BCUT2D eigenvalue weighted by Crippen LogP contribution is 1.90. The standard InChI is InChI=1S/C6H3B2N3/c7-4-3-11-2-1-9-6(11)5(8)10-4/h1-3H. The van der Waals surface area contributed by atoms with Crippen LogP contribution in [-0.2, 0) is 0 Å². The van der Waals surface area contributed by atoms with Gasteiger partial charge in [0.25, 0.3) is 0 Å². The van der Waals surface area contributed by atoms with Gasteiger partial charge in [-0.25, -0.2) is 4.98 Å². The van der Waals surface area contributed by atoms with E-state index in [2.05, 4.69) is 9.97 Å². The van der Waals surface area contributed by atoms with Crippen LogP contribution in [0.5, 0.6) is 0 Å². The first-order valence-electron chi connectivity index (χ1n) is 3.12. The Morgan fingerprint density at radius 1 is 1.36 bits per heavy atom. The van der Waals surface area contributed by atoms with Gasteiger partial charge in [-0.2, -0.15) is 0 Å². The van der Waals surface area contributed by atoms with Crippen LogP contribution in [0.4, 0.5) is 0 Å². The summed E-state index contributed by atoms with van der Waals surface area (Å²) >= 11 is 0. The average Bonchev–Trinajstić information content (AvgIpc) is 2.34. The predicted molar refractivity (Wildman–Crippen MR) is 43.8 cm³/mol. The van der Waals surface area contributed by atoms with E-state index >= 15 is 0 Å². The van der Waals surface area contributed by atoms with Crippen molar-refractivity contribution in [2.75, 3.05) is 0 Å². The first kappa shape index (κ1) is 6.46. The zero-order valence-electron chi connectivity index (χ0n) is 5.73. The van der Waals surface area contributed by atoms with E-state index in [-0.39, 0.29) is 0 Å². The van der Waals surface area contributed by atoms with Gasteiger partial charge >= 0.3 is 0 Å². The highest BCUT2D eigenvalue weighted by molar-refractivity contribution is 6.37. The second kappa shape index (κ2) is 2.12. The molecule has 2 rings (SSSR count). The van der Waals surface area contributed by atoms with Crippen LogP contribution < -0.4 is 11.2 Å². The number of hydrogen-bond acceptors (Lipinski definition) is 2. The molecule has 0 aliphatic rings. The molecule has 3 nitrogen and oxygen atoms in total. The summed E-state index contributed by atoms with van der Waals surface area (Å²) in [5.74, 6) is 0.